The quantitative estimate of drug-likeness (QED) is 0.0418. The van der Waals surface area contributed by atoms with Gasteiger partial charge in [-0.2, -0.15) is 26.3 Å². The van der Waals surface area contributed by atoms with Crippen LogP contribution in [0.2, 0.25) is 0 Å². The average Bonchev–Trinajstić information content (AvgIpc) is 4.49. The molecule has 26 heteroatoms. The van der Waals surface area contributed by atoms with Crippen LogP contribution in [0.5, 0.6) is 11.5 Å². The largest absolute Gasteiger partial charge is 0.542 e. The molecular formula is C58H68F10N2O12S2. The highest BCUT2D eigenvalue weighted by Crippen LogP contribution is 2.47. The van der Waals surface area contributed by atoms with Gasteiger partial charge < -0.3 is 57.9 Å². The summed E-state index contributed by atoms with van der Waals surface area (Å²) in [6, 6.07) is 14.1. The average molecular weight is 1240 g/mol. The van der Waals surface area contributed by atoms with Crippen molar-refractivity contribution in [1.29, 1.82) is 0 Å². The number of fused-ring (bicyclic) bond motifs is 6. The maximum Gasteiger partial charge on any atom is 0.430 e. The molecule has 0 amide bonds. The van der Waals surface area contributed by atoms with E-state index in [1.54, 1.807) is 0 Å². The Kier molecular flexibility index (Phi) is 22.2. The van der Waals surface area contributed by atoms with E-state index in [2.05, 4.69) is 0 Å². The molecule has 0 radical (unpaired) electrons. The van der Waals surface area contributed by atoms with Crippen molar-refractivity contribution >= 4 is 46.6 Å². The smallest absolute Gasteiger partial charge is 0.430 e. The van der Waals surface area contributed by atoms with Gasteiger partial charge in [-0.3, -0.25) is 0 Å². The Bertz CT molecular complexity index is 2610. The van der Waals surface area contributed by atoms with Gasteiger partial charge in [0.1, 0.15) is 36.7 Å². The second-order valence-corrected chi connectivity index (χ2v) is 24.4. The third-order valence-corrected chi connectivity index (χ3v) is 19.2. The van der Waals surface area contributed by atoms with E-state index < -0.39 is 70.7 Å². The molecule has 84 heavy (non-hydrogen) atoms. The zero-order valence-electron chi connectivity index (χ0n) is 45.8. The predicted octanol–water partition coefficient (Wildman–Crippen LogP) is 8.65. The van der Waals surface area contributed by atoms with Crippen LogP contribution in [0.15, 0.2) is 71.4 Å². The zero-order chi connectivity index (χ0) is 61.1. The van der Waals surface area contributed by atoms with Crippen molar-refractivity contribution in [3.63, 3.8) is 0 Å². The van der Waals surface area contributed by atoms with Crippen LogP contribution in [0.3, 0.4) is 0 Å². The summed E-state index contributed by atoms with van der Waals surface area (Å²) in [4.78, 5) is 46.0. The minimum atomic E-state index is -5.19. The lowest BCUT2D eigenvalue weighted by Gasteiger charge is -2.52. The number of piperidine rings is 6. The van der Waals surface area contributed by atoms with Crippen molar-refractivity contribution in [2.45, 2.75) is 126 Å². The van der Waals surface area contributed by atoms with Gasteiger partial charge in [0.2, 0.25) is 0 Å². The van der Waals surface area contributed by atoms with E-state index in [0.29, 0.717) is 34.8 Å². The number of thiophene rings is 2. The van der Waals surface area contributed by atoms with Crippen molar-refractivity contribution in [3.8, 4) is 11.5 Å². The Morgan fingerprint density at radius 3 is 1.15 bits per heavy atom. The highest BCUT2D eigenvalue weighted by molar-refractivity contribution is 7.10. The fraction of sp³-hybridized carbons (Fsp3) is 0.586. The van der Waals surface area contributed by atoms with Crippen molar-refractivity contribution < 1.29 is 111 Å². The van der Waals surface area contributed by atoms with Crippen molar-refractivity contribution in [3.05, 3.63) is 104 Å². The molecule has 6 saturated heterocycles. The Morgan fingerprint density at radius 1 is 0.536 bits per heavy atom. The summed E-state index contributed by atoms with van der Waals surface area (Å²) in [6.45, 7) is 7.99. The molecule has 0 spiro atoms. The van der Waals surface area contributed by atoms with Crippen molar-refractivity contribution in [2.24, 2.45) is 23.7 Å². The topological polar surface area (TPSA) is 192 Å². The number of benzene rings is 2. The van der Waals surface area contributed by atoms with E-state index in [1.165, 1.54) is 46.9 Å². The third-order valence-electron chi connectivity index (χ3n) is 17.2. The summed E-state index contributed by atoms with van der Waals surface area (Å²) in [5, 5.41) is 44.7. The molecule has 8 heterocycles. The Balaban J connectivity index is 0.000000197. The minimum absolute atomic E-state index is 0.0651. The summed E-state index contributed by atoms with van der Waals surface area (Å²) in [7, 11) is 0. The molecule has 0 unspecified atom stereocenters. The lowest BCUT2D eigenvalue weighted by Crippen LogP contribution is -2.65. The number of aliphatic carboxylic acids is 2. The Hall–Kier alpha value is -5.54. The maximum absolute atomic E-state index is 13.8. The highest BCUT2D eigenvalue weighted by Gasteiger charge is 2.55. The van der Waals surface area contributed by atoms with E-state index in [9.17, 15) is 63.7 Å². The van der Waals surface area contributed by atoms with Gasteiger partial charge in [0.25, 0.3) is 0 Å². The normalized spacial score (nSPS) is 25.3. The van der Waals surface area contributed by atoms with Crippen LogP contribution in [0.25, 0.3) is 0 Å². The number of nitrogens with zero attached hydrogens (tertiary/aromatic N) is 2. The Morgan fingerprint density at radius 2 is 0.869 bits per heavy atom. The number of aliphatic hydroxyl groups is 2. The van der Waals surface area contributed by atoms with Gasteiger partial charge in [-0.05, 0) is 72.8 Å². The molecule has 12 rings (SSSR count). The van der Waals surface area contributed by atoms with E-state index in [4.69, 9.17) is 38.7 Å². The predicted molar refractivity (Wildman–Crippen MR) is 280 cm³/mol. The number of carboxylic acid groups (broad SMARTS) is 2. The first kappa shape index (κ1) is 66.0. The van der Waals surface area contributed by atoms with Crippen LogP contribution >= 0.6 is 22.7 Å². The van der Waals surface area contributed by atoms with Crippen molar-refractivity contribution in [1.82, 2.24) is 0 Å². The SMILES string of the molecule is O=C(O[C@H]1C[N+]2(CCCOc3ccc(F)cc3F)CCC1CC2)[C@](O)(c1cccs1)C1CCCC1.O=C(O[C@H]1C[N+]2(CCCOc3ccc(F)cc3F)CCC1CC2)[C@](O)(c1cccs1)C1CCCC1.O=C([O-])C(F)(F)F.O=C([O-])C(F)(F)F. The molecule has 2 N–H and O–H groups in total. The molecule has 6 aliphatic heterocycles. The molecule has 464 valence electrons. The number of halogens is 10. The number of rotatable bonds is 18. The number of ether oxygens (including phenoxy) is 4. The van der Waals surface area contributed by atoms with Crippen molar-refractivity contribution in [2.75, 3.05) is 65.6 Å². The molecule has 4 atom stereocenters. The standard InChI is InChI=1S/2C27H34F2NO4S.2C2HF3O2/c2*28-21-8-9-23(22(29)17-21)33-15-4-12-30-13-10-19(11-14-30)24(18-30)34-26(31)27(32,20-5-1-2-6-20)25-7-3-16-35-25;2*3-2(4,5)1(6)7/h2*3,7-9,16-17,19-20,24,32H,1-2,4-6,10-15,18H2;2*(H,6,7)/q2*+1;;/p-2/t2*19?,24-,27+,30?;;/m00../s1. The third kappa shape index (κ3) is 16.5. The number of quaternary nitrogens is 2. The van der Waals surface area contributed by atoms with Crippen LogP contribution < -0.4 is 19.7 Å². The first-order chi connectivity index (χ1) is 39.7. The molecule has 14 nitrogen and oxygen atoms in total. The summed E-state index contributed by atoms with van der Waals surface area (Å²) in [5.74, 6) is -9.01. The second kappa shape index (κ2) is 28.3. The summed E-state index contributed by atoms with van der Waals surface area (Å²) in [6.07, 6.45) is 2.11. The lowest BCUT2D eigenvalue weighted by molar-refractivity contribution is -0.946. The van der Waals surface area contributed by atoms with Gasteiger partial charge in [0.05, 0.1) is 52.5 Å². The first-order valence-corrected chi connectivity index (χ1v) is 29.8. The van der Waals surface area contributed by atoms with E-state index in [-0.39, 0.29) is 35.5 Å². The number of carbonyl (C=O) groups excluding carboxylic acids is 4. The fourth-order valence-electron chi connectivity index (χ4n) is 12.8. The second-order valence-electron chi connectivity index (χ2n) is 22.5. The van der Waals surface area contributed by atoms with Crippen LogP contribution in [-0.2, 0) is 39.9 Å². The van der Waals surface area contributed by atoms with Crippen LogP contribution in [0.4, 0.5) is 43.9 Å². The van der Waals surface area contributed by atoms with Crippen LogP contribution in [0.1, 0.15) is 99.6 Å². The summed E-state index contributed by atoms with van der Waals surface area (Å²) < 4.78 is 142. The molecule has 8 fully saturated rings. The fourth-order valence-corrected chi connectivity index (χ4v) is 14.5. The number of alkyl halides is 6. The van der Waals surface area contributed by atoms with E-state index >= 15 is 0 Å². The minimum Gasteiger partial charge on any atom is -0.542 e. The van der Waals surface area contributed by atoms with Crippen LogP contribution in [0, 0.1) is 46.9 Å². The van der Waals surface area contributed by atoms with Gasteiger partial charge in [0.15, 0.2) is 46.5 Å². The van der Waals surface area contributed by atoms with E-state index in [1.807, 2.05) is 35.0 Å². The van der Waals surface area contributed by atoms with Gasteiger partial charge in [0, 0.05) is 84.1 Å². The molecule has 2 aliphatic carbocycles. The monoisotopic (exact) mass is 1240 g/mol. The van der Waals surface area contributed by atoms with Crippen LogP contribution in [-0.4, -0.2) is 133 Å². The molecule has 2 saturated carbocycles. The number of hydrogen-bond acceptors (Lipinski definition) is 14. The number of esters is 2. The lowest BCUT2D eigenvalue weighted by atomic mass is 9.82. The maximum atomic E-state index is 13.8. The first-order valence-electron chi connectivity index (χ1n) is 28.0. The van der Waals surface area contributed by atoms with Gasteiger partial charge in [-0.25, -0.2) is 27.2 Å². The summed E-state index contributed by atoms with van der Waals surface area (Å²) in [5.41, 5.74) is -3.12. The summed E-state index contributed by atoms with van der Waals surface area (Å²) >= 11 is 2.84. The number of hydrogen-bond donors (Lipinski definition) is 2. The van der Waals surface area contributed by atoms with Gasteiger partial charge in [-0.1, -0.05) is 37.8 Å². The Labute approximate surface area is 487 Å². The van der Waals surface area contributed by atoms with E-state index in [0.717, 1.165) is 163 Å². The number of carbonyl (C=O) groups is 4. The van der Waals surface area contributed by atoms with Gasteiger partial charge in [-0.15, -0.1) is 22.7 Å². The number of carboxylic acids is 2. The molecule has 2 aromatic carbocycles. The highest BCUT2D eigenvalue weighted by atomic mass is 32.1. The molecule has 4 aromatic rings. The molecule has 8 aliphatic rings. The molecular weight excluding hydrogens is 1170 g/mol. The van der Waals surface area contributed by atoms with Gasteiger partial charge >= 0.3 is 24.3 Å². The molecule has 2 aromatic heterocycles. The molecule has 4 bridgehead atoms. The zero-order valence-corrected chi connectivity index (χ0v) is 47.5.